The molecule has 0 bridgehead atoms. The van der Waals surface area contributed by atoms with E-state index >= 15 is 0 Å². The average molecular weight is 369 g/mol. The Hall–Kier alpha value is -2.18. The molecule has 2 heterocycles. The smallest absolute Gasteiger partial charge is 0.237 e. The van der Waals surface area contributed by atoms with Gasteiger partial charge in [-0.3, -0.25) is 9.69 Å². The molecular weight excluding hydrogens is 346 g/mol. The summed E-state index contributed by atoms with van der Waals surface area (Å²) in [6.07, 6.45) is 2.18. The van der Waals surface area contributed by atoms with Crippen LogP contribution in [0.5, 0.6) is 0 Å². The summed E-state index contributed by atoms with van der Waals surface area (Å²) >= 11 is 1.69. The number of carbonyl (C=O) groups excluding carboxylic acids is 1. The predicted molar refractivity (Wildman–Crippen MR) is 103 cm³/mol. The molecule has 0 unspecified atom stereocenters. The maximum atomic E-state index is 12.8. The number of likely N-dealkylation sites (N-methyl/N-ethyl adjacent to an activating group) is 1. The van der Waals surface area contributed by atoms with Crippen molar-refractivity contribution in [3.8, 4) is 0 Å². The maximum absolute atomic E-state index is 12.8. The van der Waals surface area contributed by atoms with Crippen LogP contribution in [-0.2, 0) is 17.9 Å². The zero-order valence-electron chi connectivity index (χ0n) is 15.1. The van der Waals surface area contributed by atoms with E-state index in [9.17, 15) is 4.79 Å². The summed E-state index contributed by atoms with van der Waals surface area (Å²) in [6, 6.07) is 12.4. The summed E-state index contributed by atoms with van der Waals surface area (Å²) in [5, 5.41) is 1.04. The Morgan fingerprint density at radius 2 is 2.04 bits per heavy atom. The fraction of sp³-hybridized carbons (Fsp3) is 0.400. The first-order valence-corrected chi connectivity index (χ1v) is 9.78. The normalized spacial score (nSPS) is 14.3. The topological polar surface area (TPSA) is 49.6 Å². The molecule has 3 aromatic rings. The number of nitrogens with zero attached hydrogens (tertiary/aromatic N) is 3. The van der Waals surface area contributed by atoms with Gasteiger partial charge in [0.25, 0.3) is 0 Å². The van der Waals surface area contributed by atoms with Crippen LogP contribution in [-0.4, -0.2) is 40.3 Å². The summed E-state index contributed by atoms with van der Waals surface area (Å²) in [7, 11) is 1.98. The predicted octanol–water partition coefficient (Wildman–Crippen LogP) is 3.82. The molecule has 2 aromatic heterocycles. The molecule has 4 rings (SSSR count). The second kappa shape index (κ2) is 7.21. The monoisotopic (exact) mass is 369 g/mol. The lowest BCUT2D eigenvalue weighted by Crippen LogP contribution is -2.39. The lowest BCUT2D eigenvalue weighted by molar-refractivity contribution is -0.133. The van der Waals surface area contributed by atoms with E-state index in [4.69, 9.17) is 4.42 Å². The highest BCUT2D eigenvalue weighted by Crippen LogP contribution is 2.29. The first kappa shape index (κ1) is 17.2. The van der Waals surface area contributed by atoms with Gasteiger partial charge in [0.15, 0.2) is 0 Å². The van der Waals surface area contributed by atoms with Crippen molar-refractivity contribution in [3.63, 3.8) is 0 Å². The molecule has 0 N–H and O–H groups in total. The van der Waals surface area contributed by atoms with E-state index in [1.54, 1.807) is 11.3 Å². The van der Waals surface area contributed by atoms with E-state index in [1.807, 2.05) is 54.1 Å². The van der Waals surface area contributed by atoms with Gasteiger partial charge in [-0.1, -0.05) is 12.1 Å². The lowest BCUT2D eigenvalue weighted by atomic mass is 10.3. The van der Waals surface area contributed by atoms with Crippen molar-refractivity contribution in [2.45, 2.75) is 38.9 Å². The zero-order valence-corrected chi connectivity index (χ0v) is 16.0. The van der Waals surface area contributed by atoms with Crippen molar-refractivity contribution < 1.29 is 9.21 Å². The molecule has 1 fully saturated rings. The molecule has 136 valence electrons. The molecule has 0 radical (unpaired) electrons. The molecule has 0 atom stereocenters. The SMILES string of the molecule is Cc1ccc(CN(C(=O)CN(C)Cc2nc3ccccc3s2)C2CC2)o1. The standard InChI is InChI=1S/C20H23N3O2S/c1-14-7-10-16(25-14)11-23(15-8-9-15)20(24)13-22(2)12-19-21-17-5-3-4-6-18(17)26-19/h3-7,10,15H,8-9,11-13H2,1-2H3. The Balaban J connectivity index is 1.38. The molecule has 0 spiro atoms. The fourth-order valence-electron chi connectivity index (χ4n) is 3.14. The molecular formula is C20H23N3O2S. The van der Waals surface area contributed by atoms with Gasteiger partial charge in [-0.25, -0.2) is 4.98 Å². The molecule has 5 nitrogen and oxygen atoms in total. The Bertz CT molecular complexity index is 880. The van der Waals surface area contributed by atoms with Crippen molar-refractivity contribution in [3.05, 3.63) is 52.9 Å². The van der Waals surface area contributed by atoms with Crippen LogP contribution >= 0.6 is 11.3 Å². The third kappa shape index (κ3) is 3.97. The number of hydrogen-bond donors (Lipinski definition) is 0. The number of benzene rings is 1. The Morgan fingerprint density at radius 3 is 2.73 bits per heavy atom. The van der Waals surface area contributed by atoms with Crippen molar-refractivity contribution >= 4 is 27.5 Å². The summed E-state index contributed by atoms with van der Waals surface area (Å²) in [4.78, 5) is 21.5. The van der Waals surface area contributed by atoms with Crippen molar-refractivity contribution in [1.82, 2.24) is 14.8 Å². The molecule has 1 aliphatic rings. The molecule has 1 amide bonds. The number of fused-ring (bicyclic) bond motifs is 1. The average Bonchev–Trinajstić information content (AvgIpc) is 3.23. The van der Waals surface area contributed by atoms with Gasteiger partial charge in [0.2, 0.25) is 5.91 Å². The van der Waals surface area contributed by atoms with Gasteiger partial charge >= 0.3 is 0 Å². The third-order valence-electron chi connectivity index (χ3n) is 4.58. The van der Waals surface area contributed by atoms with Gasteiger partial charge in [0.1, 0.15) is 16.5 Å². The molecule has 1 saturated carbocycles. The minimum Gasteiger partial charge on any atom is -0.464 e. The fourth-order valence-corrected chi connectivity index (χ4v) is 4.19. The van der Waals surface area contributed by atoms with Gasteiger partial charge < -0.3 is 9.32 Å². The molecule has 0 aliphatic heterocycles. The minimum absolute atomic E-state index is 0.158. The van der Waals surface area contributed by atoms with Gasteiger partial charge in [-0.15, -0.1) is 11.3 Å². The van der Waals surface area contributed by atoms with Crippen LogP contribution in [0.4, 0.5) is 0 Å². The maximum Gasteiger partial charge on any atom is 0.237 e. The Morgan fingerprint density at radius 1 is 1.23 bits per heavy atom. The highest BCUT2D eigenvalue weighted by Gasteiger charge is 2.33. The number of rotatable bonds is 7. The van der Waals surface area contributed by atoms with E-state index in [2.05, 4.69) is 11.1 Å². The number of amides is 1. The van der Waals surface area contributed by atoms with Crippen LogP contribution in [0.2, 0.25) is 0 Å². The van der Waals surface area contributed by atoms with Gasteiger partial charge in [-0.2, -0.15) is 0 Å². The van der Waals surface area contributed by atoms with Crippen molar-refractivity contribution in [2.24, 2.45) is 0 Å². The molecule has 26 heavy (non-hydrogen) atoms. The van der Waals surface area contributed by atoms with Crippen molar-refractivity contribution in [2.75, 3.05) is 13.6 Å². The number of hydrogen-bond acceptors (Lipinski definition) is 5. The summed E-state index contributed by atoms with van der Waals surface area (Å²) in [6.45, 7) is 3.57. The van der Waals surface area contributed by atoms with Crippen LogP contribution in [0.1, 0.15) is 29.4 Å². The van der Waals surface area contributed by atoms with Crippen LogP contribution in [0.15, 0.2) is 40.8 Å². The van der Waals surface area contributed by atoms with E-state index < -0.39 is 0 Å². The van der Waals surface area contributed by atoms with Crippen LogP contribution in [0, 0.1) is 6.92 Å². The summed E-state index contributed by atoms with van der Waals surface area (Å²) in [5.74, 6) is 1.90. The number of thiazole rings is 1. The van der Waals surface area contributed by atoms with E-state index in [0.29, 0.717) is 25.7 Å². The molecule has 1 aliphatic carbocycles. The van der Waals surface area contributed by atoms with Crippen LogP contribution in [0.3, 0.4) is 0 Å². The largest absolute Gasteiger partial charge is 0.464 e. The molecule has 1 aromatic carbocycles. The number of carbonyl (C=O) groups is 1. The number of para-hydroxylation sites is 1. The van der Waals surface area contributed by atoms with Crippen LogP contribution in [0.25, 0.3) is 10.2 Å². The van der Waals surface area contributed by atoms with Gasteiger partial charge in [0, 0.05) is 6.04 Å². The van der Waals surface area contributed by atoms with E-state index in [1.165, 1.54) is 4.70 Å². The van der Waals surface area contributed by atoms with E-state index in [-0.39, 0.29) is 5.91 Å². The van der Waals surface area contributed by atoms with Crippen LogP contribution < -0.4 is 0 Å². The van der Waals surface area contributed by atoms with Gasteiger partial charge in [-0.05, 0) is 51.1 Å². The third-order valence-corrected chi connectivity index (χ3v) is 5.60. The number of aryl methyl sites for hydroxylation is 1. The molecule has 6 heteroatoms. The highest BCUT2D eigenvalue weighted by atomic mass is 32.1. The summed E-state index contributed by atoms with van der Waals surface area (Å²) < 4.78 is 6.85. The lowest BCUT2D eigenvalue weighted by Gasteiger charge is -2.24. The Kier molecular flexibility index (Phi) is 4.78. The number of aromatic nitrogens is 1. The zero-order chi connectivity index (χ0) is 18.1. The van der Waals surface area contributed by atoms with E-state index in [0.717, 1.165) is 34.9 Å². The Labute approximate surface area is 157 Å². The minimum atomic E-state index is 0.158. The van der Waals surface area contributed by atoms with Gasteiger partial charge in [0.05, 0.1) is 29.9 Å². The quantitative estimate of drug-likeness (QED) is 0.635. The first-order chi connectivity index (χ1) is 12.6. The molecule has 0 saturated heterocycles. The second-order valence-electron chi connectivity index (χ2n) is 7.01. The first-order valence-electron chi connectivity index (χ1n) is 8.96. The summed E-state index contributed by atoms with van der Waals surface area (Å²) in [5.41, 5.74) is 1.03. The number of furan rings is 1. The highest BCUT2D eigenvalue weighted by molar-refractivity contribution is 7.18. The van der Waals surface area contributed by atoms with Crippen molar-refractivity contribution in [1.29, 1.82) is 0 Å². The second-order valence-corrected chi connectivity index (χ2v) is 8.13.